The fourth-order valence-electron chi connectivity index (χ4n) is 8.79. The van der Waals surface area contributed by atoms with E-state index in [2.05, 4.69) is 50.5 Å². The van der Waals surface area contributed by atoms with E-state index in [-0.39, 0.29) is 41.1 Å². The van der Waals surface area contributed by atoms with Gasteiger partial charge >= 0.3 is 11.9 Å². The zero-order valence-electron chi connectivity index (χ0n) is 35.9. The van der Waals surface area contributed by atoms with Crippen LogP contribution in [0.3, 0.4) is 0 Å². The number of hydrogen-bond donors (Lipinski definition) is 6. The Bertz CT molecular complexity index is 3500. The van der Waals surface area contributed by atoms with Gasteiger partial charge in [0.05, 0.1) is 28.9 Å². The van der Waals surface area contributed by atoms with Crippen molar-refractivity contribution in [2.45, 2.75) is 60.9 Å². The summed E-state index contributed by atoms with van der Waals surface area (Å²) in [6.45, 7) is 2.02. The Morgan fingerprint density at radius 3 is 2.40 bits per heavy atom. The van der Waals surface area contributed by atoms with Crippen LogP contribution < -0.4 is 40.6 Å². The van der Waals surface area contributed by atoms with E-state index < -0.39 is 66.2 Å². The molecule has 0 bridgehead atoms. The molecule has 1 atom stereocenters. The Kier molecular flexibility index (Phi) is 12.1. The van der Waals surface area contributed by atoms with E-state index in [0.29, 0.717) is 39.2 Å². The number of benzene rings is 4. The second-order valence-corrected chi connectivity index (χ2v) is 20.4. The summed E-state index contributed by atoms with van der Waals surface area (Å²) in [6.07, 6.45) is 4.10. The Morgan fingerprint density at radius 2 is 1.68 bits per heavy atom. The first kappa shape index (κ1) is 46.0. The summed E-state index contributed by atoms with van der Waals surface area (Å²) < 4.78 is 77.2. The number of carbonyl (C=O) groups is 3. The number of ether oxygens (including phenoxy) is 1. The number of carbonyl (C=O) groups excluding carboxylic acids is 1. The molecule has 0 spiro atoms. The number of carboxylic acids is 2. The van der Waals surface area contributed by atoms with Gasteiger partial charge in [0.1, 0.15) is 35.5 Å². The summed E-state index contributed by atoms with van der Waals surface area (Å²) in [5, 5.41) is 22.4. The SMILES string of the molecule is CN(Cc1cnc2nc(NS(=O)(=O)c3ccc(C4=c5cc6c7c(c5Oc5cc(Br)ccc54)CCC[N+]=7CCC6)c(S(=O)(=O)O)c3)nc(N)c2n1)c1ccc(C(=O)N[C@@H](CCC(=O)O)C(=O)O)cc1. The maximum absolute atomic E-state index is 14.0. The first-order valence-corrected chi connectivity index (χ1v) is 24.9. The van der Waals surface area contributed by atoms with Crippen molar-refractivity contribution in [1.82, 2.24) is 29.8 Å². The van der Waals surface area contributed by atoms with E-state index in [1.807, 2.05) is 6.07 Å². The minimum Gasteiger partial charge on any atom is -0.481 e. The van der Waals surface area contributed by atoms with Crippen LogP contribution in [-0.4, -0.2) is 95.6 Å². The van der Waals surface area contributed by atoms with Gasteiger partial charge in [0.25, 0.3) is 26.0 Å². The lowest BCUT2D eigenvalue weighted by Gasteiger charge is -2.27. The number of nitrogens with two attached hydrogens (primary N) is 1. The van der Waals surface area contributed by atoms with Gasteiger partial charge in [0, 0.05) is 69.5 Å². The Morgan fingerprint density at radius 1 is 0.941 bits per heavy atom. The lowest BCUT2D eigenvalue weighted by molar-refractivity contribution is -0.140. The zero-order chi connectivity index (χ0) is 48.2. The van der Waals surface area contributed by atoms with Crippen molar-refractivity contribution in [1.29, 1.82) is 0 Å². The van der Waals surface area contributed by atoms with Crippen LogP contribution >= 0.6 is 15.9 Å². The quantitative estimate of drug-likeness (QED) is 0.0673. The second kappa shape index (κ2) is 17.9. The fourth-order valence-corrected chi connectivity index (χ4v) is 10.9. The van der Waals surface area contributed by atoms with Crippen LogP contribution in [-0.2, 0) is 49.1 Å². The highest BCUT2D eigenvalue weighted by molar-refractivity contribution is 9.10. The topological polar surface area (TPSA) is 297 Å². The molecule has 0 aliphatic carbocycles. The van der Waals surface area contributed by atoms with Crippen molar-refractivity contribution in [2.75, 3.05) is 35.5 Å². The molecule has 0 saturated carbocycles. The molecule has 6 aromatic rings. The van der Waals surface area contributed by atoms with Gasteiger partial charge < -0.3 is 30.9 Å². The van der Waals surface area contributed by atoms with Crippen molar-refractivity contribution in [2.24, 2.45) is 0 Å². The van der Waals surface area contributed by atoms with Crippen LogP contribution in [0, 0.1) is 0 Å². The van der Waals surface area contributed by atoms with Crippen LogP contribution in [0.5, 0.6) is 11.5 Å². The molecule has 0 saturated heterocycles. The lowest BCUT2D eigenvalue weighted by atomic mass is 9.87. The first-order valence-electron chi connectivity index (χ1n) is 21.1. The number of halogens is 1. The number of aliphatic carboxylic acids is 2. The number of nitrogen functional groups attached to an aromatic ring is 1. The molecule has 68 heavy (non-hydrogen) atoms. The van der Waals surface area contributed by atoms with Gasteiger partial charge in [0.2, 0.25) is 11.3 Å². The number of sulfonamides is 1. The predicted molar refractivity (Wildman–Crippen MR) is 250 cm³/mol. The third-order valence-corrected chi connectivity index (χ3v) is 14.6. The summed E-state index contributed by atoms with van der Waals surface area (Å²) in [6, 6.07) is 15.6. The zero-order valence-corrected chi connectivity index (χ0v) is 39.2. The Hall–Kier alpha value is -7.08. The number of carboxylic acid groups (broad SMARTS) is 2. The van der Waals surface area contributed by atoms with E-state index >= 15 is 0 Å². The van der Waals surface area contributed by atoms with Crippen LogP contribution in [0.25, 0.3) is 16.7 Å². The average molecular weight is 1030 g/mol. The molecule has 0 unspecified atom stereocenters. The van der Waals surface area contributed by atoms with Crippen molar-refractivity contribution in [3.8, 4) is 11.5 Å². The average Bonchev–Trinajstić information content (AvgIpc) is 3.29. The fraction of sp³-hybridized carbons (Fsp3) is 0.244. The smallest absolute Gasteiger partial charge is 0.326 e. The summed E-state index contributed by atoms with van der Waals surface area (Å²) in [4.78, 5) is 52.9. The summed E-state index contributed by atoms with van der Waals surface area (Å²) in [5.74, 6) is -2.89. The largest absolute Gasteiger partial charge is 0.481 e. The monoisotopic (exact) mass is 1030 g/mol. The third kappa shape index (κ3) is 9.03. The number of rotatable bonds is 14. The Labute approximate surface area is 396 Å². The van der Waals surface area contributed by atoms with Crippen LogP contribution in [0.1, 0.15) is 64.0 Å². The van der Waals surface area contributed by atoms with E-state index in [9.17, 15) is 40.9 Å². The number of amides is 1. The molecule has 2 aromatic heterocycles. The van der Waals surface area contributed by atoms with Gasteiger partial charge in [0.15, 0.2) is 17.0 Å². The molecule has 3 aliphatic heterocycles. The highest BCUT2D eigenvalue weighted by atomic mass is 79.9. The van der Waals surface area contributed by atoms with Crippen molar-refractivity contribution in [3.05, 3.63) is 121 Å². The molecule has 7 N–H and O–H groups in total. The van der Waals surface area contributed by atoms with Gasteiger partial charge in [-0.15, -0.1) is 0 Å². The van der Waals surface area contributed by atoms with Gasteiger partial charge in [-0.05, 0) is 79.9 Å². The van der Waals surface area contributed by atoms with E-state index in [4.69, 9.17) is 15.6 Å². The first-order chi connectivity index (χ1) is 32.3. The molecule has 350 valence electrons. The lowest BCUT2D eigenvalue weighted by Crippen LogP contribution is -2.45. The highest BCUT2D eigenvalue weighted by Crippen LogP contribution is 2.41. The van der Waals surface area contributed by atoms with Gasteiger partial charge in [-0.1, -0.05) is 22.0 Å². The Balaban J connectivity index is 0.981. The van der Waals surface area contributed by atoms with Gasteiger partial charge in [-0.2, -0.15) is 18.4 Å². The van der Waals surface area contributed by atoms with E-state index in [1.165, 1.54) is 30.5 Å². The molecule has 20 nitrogen and oxygen atoms in total. The second-order valence-electron chi connectivity index (χ2n) is 16.5. The van der Waals surface area contributed by atoms with Crippen LogP contribution in [0.15, 0.2) is 87.2 Å². The maximum Gasteiger partial charge on any atom is 0.326 e. The van der Waals surface area contributed by atoms with E-state index in [0.717, 1.165) is 65.8 Å². The summed E-state index contributed by atoms with van der Waals surface area (Å²) in [7, 11) is -7.96. The minimum absolute atomic E-state index is 0.0572. The molecule has 3 aliphatic rings. The number of anilines is 3. The molecule has 0 radical (unpaired) electrons. The normalized spacial score (nSPS) is 14.5. The van der Waals surface area contributed by atoms with Crippen LogP contribution in [0.4, 0.5) is 17.5 Å². The van der Waals surface area contributed by atoms with Crippen molar-refractivity contribution in [3.63, 3.8) is 0 Å². The van der Waals surface area contributed by atoms with Gasteiger partial charge in [-0.3, -0.25) is 14.1 Å². The molecular formula is C45H41BrN9O11S2+. The number of hydrogen-bond acceptors (Lipinski definition) is 14. The number of aromatic nitrogens is 4. The molecular weight excluding hydrogens is 987 g/mol. The number of nitrogens with one attached hydrogen (secondary N) is 2. The minimum atomic E-state index is -5.06. The molecule has 1 amide bonds. The molecule has 0 fully saturated rings. The van der Waals surface area contributed by atoms with Crippen molar-refractivity contribution < 1.29 is 50.7 Å². The van der Waals surface area contributed by atoms with E-state index in [1.54, 1.807) is 42.3 Å². The third-order valence-electron chi connectivity index (χ3n) is 11.9. The number of aryl methyl sites for hydroxylation is 1. The summed E-state index contributed by atoms with van der Waals surface area (Å²) in [5.41, 5.74) is 10.7. The molecule has 5 heterocycles. The maximum atomic E-state index is 14.0. The highest BCUT2D eigenvalue weighted by Gasteiger charge is 2.34. The van der Waals surface area contributed by atoms with Gasteiger partial charge in [-0.25, -0.2) is 32.5 Å². The standard InChI is InChI=1S/C45H40BrN9O11S2/c1-54(27-9-6-23(7-10-27)43(58)50-33(44(59)60)14-15-36(56)57)22-26-21-48-42-38(49-26)41(47)51-45(52-42)53-67(61,62)28-11-13-30(35(20-28)68(63,64)65)37-29-12-8-25(46)19-34(29)66-40-31-5-3-17-55-16-2-4-24(39(31)55)18-32(37)40/h6-13,18-21,33H,2-5,14-17,22H2,1H3,(H6-,47,48,50,51,52,53,56,57,58,59,60,63,64,65)/p+1/t33-/m0/s1. The van der Waals surface area contributed by atoms with Crippen LogP contribution in [0.2, 0.25) is 0 Å². The molecule has 4 aromatic carbocycles. The predicted octanol–water partition coefficient (Wildman–Crippen LogP) is 3.23. The summed E-state index contributed by atoms with van der Waals surface area (Å²) >= 11 is 3.52. The number of nitrogens with zero attached hydrogens (tertiary/aromatic N) is 6. The molecule has 23 heteroatoms. The number of fused-ring (bicyclic) bond motifs is 4. The van der Waals surface area contributed by atoms with Crippen molar-refractivity contribution >= 4 is 88.1 Å². The molecule has 9 rings (SSSR count).